The Morgan fingerprint density at radius 3 is 2.45 bits per heavy atom. The fourth-order valence-electron chi connectivity index (χ4n) is 1.55. The van der Waals surface area contributed by atoms with E-state index in [-0.39, 0.29) is 23.3 Å². The molecule has 11 heavy (non-hydrogen) atoms. The topological polar surface area (TPSA) is 43.4 Å². The van der Waals surface area contributed by atoms with Crippen molar-refractivity contribution < 1.29 is 14.3 Å². The molecule has 1 aliphatic carbocycles. The summed E-state index contributed by atoms with van der Waals surface area (Å²) in [5.41, 5.74) is 0.0866. The van der Waals surface area contributed by atoms with Gasteiger partial charge in [-0.25, -0.2) is 0 Å². The van der Waals surface area contributed by atoms with Crippen molar-refractivity contribution in [3.63, 3.8) is 0 Å². The Morgan fingerprint density at radius 2 is 2.09 bits per heavy atom. The summed E-state index contributed by atoms with van der Waals surface area (Å²) in [5, 5.41) is 0. The second-order valence-electron chi connectivity index (χ2n) is 3.70. The minimum absolute atomic E-state index is 0.0866. The summed E-state index contributed by atoms with van der Waals surface area (Å²) < 4.78 is 4.46. The van der Waals surface area contributed by atoms with Crippen LogP contribution < -0.4 is 0 Å². The van der Waals surface area contributed by atoms with Crippen molar-refractivity contribution in [2.24, 2.45) is 11.3 Å². The predicted molar refractivity (Wildman–Crippen MR) is 36.5 cm³/mol. The summed E-state index contributed by atoms with van der Waals surface area (Å²) in [6, 6.07) is 0. The molecular weight excluding hydrogens is 144 g/mol. The molecule has 0 N–H and O–H groups in total. The van der Waals surface area contributed by atoms with E-state index in [1.807, 2.05) is 6.92 Å². The molecule has 0 spiro atoms. The molecule has 0 aromatic heterocycles. The molecule has 0 bridgehead atoms. The van der Waals surface area contributed by atoms with Gasteiger partial charge in [0.1, 0.15) is 0 Å². The molecule has 1 atom stereocenters. The smallest absolute Gasteiger partial charge is 0.317 e. The zero-order valence-corrected chi connectivity index (χ0v) is 6.42. The van der Waals surface area contributed by atoms with Crippen molar-refractivity contribution in [2.75, 3.05) is 0 Å². The number of cyclic esters (lactones) is 2. The number of carbonyl (C=O) groups excluding carboxylic acids is 2. The van der Waals surface area contributed by atoms with Gasteiger partial charge in [0.05, 0.1) is 12.3 Å². The summed E-state index contributed by atoms with van der Waals surface area (Å²) >= 11 is 0. The van der Waals surface area contributed by atoms with Gasteiger partial charge in [-0.3, -0.25) is 9.59 Å². The molecule has 1 saturated carbocycles. The summed E-state index contributed by atoms with van der Waals surface area (Å²) in [6.45, 7) is 2.04. The van der Waals surface area contributed by atoms with Crippen molar-refractivity contribution in [1.82, 2.24) is 0 Å². The number of carbonyl (C=O) groups is 2. The molecule has 2 fully saturated rings. The van der Waals surface area contributed by atoms with Gasteiger partial charge in [0, 0.05) is 0 Å². The van der Waals surface area contributed by atoms with Gasteiger partial charge in [0.25, 0.3) is 0 Å². The molecule has 0 radical (unpaired) electrons. The third kappa shape index (κ3) is 0.951. The highest BCUT2D eigenvalue weighted by molar-refractivity contribution is 5.95. The van der Waals surface area contributed by atoms with Crippen LogP contribution in [0.15, 0.2) is 0 Å². The third-order valence-corrected chi connectivity index (χ3v) is 2.75. The molecule has 1 heterocycles. The normalized spacial score (nSPS) is 33.7. The van der Waals surface area contributed by atoms with Crippen LogP contribution in [0, 0.1) is 11.3 Å². The number of esters is 2. The lowest BCUT2D eigenvalue weighted by Crippen LogP contribution is -2.17. The number of ether oxygens (including phenoxy) is 1. The lowest BCUT2D eigenvalue weighted by molar-refractivity contribution is -0.153. The molecule has 1 aliphatic heterocycles. The van der Waals surface area contributed by atoms with E-state index in [0.29, 0.717) is 6.42 Å². The quantitative estimate of drug-likeness (QED) is 0.416. The summed E-state index contributed by atoms with van der Waals surface area (Å²) in [4.78, 5) is 21.7. The average Bonchev–Trinajstić information content (AvgIpc) is 2.55. The van der Waals surface area contributed by atoms with Gasteiger partial charge in [-0.15, -0.1) is 0 Å². The minimum atomic E-state index is -0.354. The number of rotatable bonds is 1. The van der Waals surface area contributed by atoms with Gasteiger partial charge >= 0.3 is 11.9 Å². The first-order valence-corrected chi connectivity index (χ1v) is 3.86. The second kappa shape index (κ2) is 1.84. The molecule has 0 aromatic rings. The van der Waals surface area contributed by atoms with E-state index < -0.39 is 0 Å². The van der Waals surface area contributed by atoms with Crippen molar-refractivity contribution in [2.45, 2.75) is 26.2 Å². The zero-order valence-electron chi connectivity index (χ0n) is 6.42. The molecule has 60 valence electrons. The second-order valence-corrected chi connectivity index (χ2v) is 3.70. The highest BCUT2D eigenvalue weighted by atomic mass is 16.6. The van der Waals surface area contributed by atoms with E-state index in [1.54, 1.807) is 0 Å². The van der Waals surface area contributed by atoms with Crippen LogP contribution in [0.1, 0.15) is 26.2 Å². The Labute approximate surface area is 64.7 Å². The molecule has 0 amide bonds. The van der Waals surface area contributed by atoms with Crippen LogP contribution in [0.25, 0.3) is 0 Å². The number of hydrogen-bond acceptors (Lipinski definition) is 3. The first-order chi connectivity index (χ1) is 5.12. The fraction of sp³-hybridized carbons (Fsp3) is 0.750. The van der Waals surface area contributed by atoms with Crippen LogP contribution in [0.4, 0.5) is 0 Å². The van der Waals surface area contributed by atoms with E-state index >= 15 is 0 Å². The first-order valence-electron chi connectivity index (χ1n) is 3.86. The monoisotopic (exact) mass is 154 g/mol. The molecule has 3 nitrogen and oxygen atoms in total. The van der Waals surface area contributed by atoms with Crippen molar-refractivity contribution in [3.05, 3.63) is 0 Å². The molecular formula is C8H10O3. The standard InChI is InChI=1S/C8H10O3/c1-8(2-3-8)5-4-6(9)11-7(5)10/h5H,2-4H2,1H3. The van der Waals surface area contributed by atoms with E-state index in [2.05, 4.69) is 4.74 Å². The van der Waals surface area contributed by atoms with Gasteiger partial charge in [0.15, 0.2) is 0 Å². The van der Waals surface area contributed by atoms with E-state index in [9.17, 15) is 9.59 Å². The van der Waals surface area contributed by atoms with Crippen LogP contribution in [-0.2, 0) is 14.3 Å². The Morgan fingerprint density at radius 1 is 1.45 bits per heavy atom. The molecule has 3 heteroatoms. The van der Waals surface area contributed by atoms with Crippen LogP contribution in [0.2, 0.25) is 0 Å². The van der Waals surface area contributed by atoms with Crippen molar-refractivity contribution in [1.29, 1.82) is 0 Å². The van der Waals surface area contributed by atoms with E-state index in [4.69, 9.17) is 0 Å². The van der Waals surface area contributed by atoms with Crippen LogP contribution in [0.5, 0.6) is 0 Å². The van der Waals surface area contributed by atoms with Gasteiger partial charge in [-0.1, -0.05) is 6.92 Å². The van der Waals surface area contributed by atoms with Gasteiger partial charge in [-0.2, -0.15) is 0 Å². The van der Waals surface area contributed by atoms with Crippen molar-refractivity contribution >= 4 is 11.9 Å². The Kier molecular flexibility index (Phi) is 1.14. The highest BCUT2D eigenvalue weighted by Crippen LogP contribution is 2.54. The lowest BCUT2D eigenvalue weighted by atomic mass is 9.90. The first kappa shape index (κ1) is 6.83. The third-order valence-electron chi connectivity index (χ3n) is 2.75. The maximum absolute atomic E-state index is 11.0. The van der Waals surface area contributed by atoms with Crippen LogP contribution >= 0.6 is 0 Å². The molecule has 2 rings (SSSR count). The SMILES string of the molecule is CC1(C2CC(=O)OC2=O)CC1. The summed E-state index contributed by atoms with van der Waals surface area (Å²) in [6.07, 6.45) is 2.41. The Hall–Kier alpha value is -0.860. The molecule has 2 aliphatic rings. The minimum Gasteiger partial charge on any atom is -0.393 e. The van der Waals surface area contributed by atoms with Gasteiger partial charge < -0.3 is 4.74 Å². The van der Waals surface area contributed by atoms with Crippen LogP contribution in [0.3, 0.4) is 0 Å². The van der Waals surface area contributed by atoms with Gasteiger partial charge in [0.2, 0.25) is 0 Å². The maximum Gasteiger partial charge on any atom is 0.317 e. The maximum atomic E-state index is 11.0. The van der Waals surface area contributed by atoms with Gasteiger partial charge in [-0.05, 0) is 18.3 Å². The highest BCUT2D eigenvalue weighted by Gasteiger charge is 2.53. The zero-order chi connectivity index (χ0) is 8.06. The Balaban J connectivity index is 2.15. The fourth-order valence-corrected chi connectivity index (χ4v) is 1.55. The van der Waals surface area contributed by atoms with E-state index in [1.165, 1.54) is 0 Å². The summed E-state index contributed by atoms with van der Waals surface area (Å²) in [5.74, 6) is -0.807. The molecule has 1 saturated heterocycles. The Bertz CT molecular complexity index is 227. The number of hydrogen-bond donors (Lipinski definition) is 0. The lowest BCUT2D eigenvalue weighted by Gasteiger charge is -2.10. The van der Waals surface area contributed by atoms with Crippen LogP contribution in [-0.4, -0.2) is 11.9 Å². The van der Waals surface area contributed by atoms with Crippen molar-refractivity contribution in [3.8, 4) is 0 Å². The molecule has 1 unspecified atom stereocenters. The summed E-state index contributed by atoms with van der Waals surface area (Å²) in [7, 11) is 0. The molecule has 0 aromatic carbocycles. The largest absolute Gasteiger partial charge is 0.393 e. The average molecular weight is 154 g/mol. The predicted octanol–water partition coefficient (Wildman–Crippen LogP) is 0.876. The van der Waals surface area contributed by atoms with E-state index in [0.717, 1.165) is 12.8 Å².